The maximum absolute atomic E-state index is 12.3. The van der Waals surface area contributed by atoms with Crippen LogP contribution in [0.3, 0.4) is 0 Å². The Hall–Kier alpha value is -2.83. The molecule has 0 aliphatic rings. The van der Waals surface area contributed by atoms with Crippen LogP contribution in [-0.4, -0.2) is 25.1 Å². The van der Waals surface area contributed by atoms with E-state index in [0.29, 0.717) is 21.7 Å². The Balaban J connectivity index is 1.71. The van der Waals surface area contributed by atoms with Crippen molar-refractivity contribution < 1.29 is 14.3 Å². The number of hydrogen-bond acceptors (Lipinski definition) is 5. The van der Waals surface area contributed by atoms with E-state index < -0.39 is 0 Å². The molecule has 3 rings (SSSR count). The van der Waals surface area contributed by atoms with Crippen LogP contribution in [0, 0.1) is 6.92 Å². The molecule has 1 heterocycles. The number of nitrogens with zero attached hydrogens (tertiary/aromatic N) is 1. The summed E-state index contributed by atoms with van der Waals surface area (Å²) in [5.41, 5.74) is 2.62. The van der Waals surface area contributed by atoms with Crippen molar-refractivity contribution >= 4 is 40.1 Å². The monoisotopic (exact) mass is 414 g/mol. The Morgan fingerprint density at radius 2 is 1.82 bits per heavy atom. The average molecular weight is 415 g/mol. The van der Waals surface area contributed by atoms with Gasteiger partial charge in [0.25, 0.3) is 0 Å². The van der Waals surface area contributed by atoms with Gasteiger partial charge in [-0.05, 0) is 42.8 Å². The Bertz CT molecular complexity index is 1010. The number of aromatic nitrogens is 1. The molecular formula is C21H19ClN2O3S. The smallest absolute Gasteiger partial charge is 0.250 e. The molecule has 0 spiro atoms. The number of ether oxygens (including phenoxy) is 2. The molecule has 0 unspecified atom stereocenters. The molecular weight excluding hydrogens is 396 g/mol. The first-order valence-electron chi connectivity index (χ1n) is 8.44. The van der Waals surface area contributed by atoms with Crippen molar-refractivity contribution in [3.8, 4) is 22.8 Å². The highest BCUT2D eigenvalue weighted by molar-refractivity contribution is 7.16. The highest BCUT2D eigenvalue weighted by Gasteiger charge is 2.11. The Kier molecular flexibility index (Phi) is 6.34. The van der Waals surface area contributed by atoms with Gasteiger partial charge in [0, 0.05) is 21.5 Å². The van der Waals surface area contributed by atoms with E-state index in [0.717, 1.165) is 21.7 Å². The van der Waals surface area contributed by atoms with E-state index >= 15 is 0 Å². The quantitative estimate of drug-likeness (QED) is 0.545. The largest absolute Gasteiger partial charge is 0.493 e. The lowest BCUT2D eigenvalue weighted by Crippen LogP contribution is -2.07. The predicted octanol–water partition coefficient (Wildman–Crippen LogP) is 5.44. The van der Waals surface area contributed by atoms with Crippen LogP contribution in [0.4, 0.5) is 5.13 Å². The van der Waals surface area contributed by atoms with E-state index in [-0.39, 0.29) is 5.91 Å². The number of benzene rings is 2. The highest BCUT2D eigenvalue weighted by Crippen LogP contribution is 2.31. The lowest BCUT2D eigenvalue weighted by molar-refractivity contribution is -0.111. The van der Waals surface area contributed by atoms with Crippen LogP contribution in [0.25, 0.3) is 17.3 Å². The first-order chi connectivity index (χ1) is 13.5. The summed E-state index contributed by atoms with van der Waals surface area (Å²) in [7, 11) is 3.15. The Morgan fingerprint density at radius 1 is 1.11 bits per heavy atom. The summed E-state index contributed by atoms with van der Waals surface area (Å²) in [6, 6.07) is 12.9. The zero-order chi connectivity index (χ0) is 20.1. The standard InChI is InChI=1S/C21H19ClN2O3S/c1-13-20(15-6-8-16(22)9-7-15)24-21(28-13)23-19(25)11-5-14-4-10-17(26-2)18(12-14)27-3/h4-12H,1-3H3,(H,23,24,25). The highest BCUT2D eigenvalue weighted by atomic mass is 35.5. The molecule has 0 atom stereocenters. The summed E-state index contributed by atoms with van der Waals surface area (Å²) < 4.78 is 10.5. The first-order valence-corrected chi connectivity index (χ1v) is 9.64. The molecule has 1 N–H and O–H groups in total. The van der Waals surface area contributed by atoms with Crippen LogP contribution < -0.4 is 14.8 Å². The number of aryl methyl sites for hydroxylation is 1. The molecule has 0 saturated heterocycles. The van der Waals surface area contributed by atoms with Crippen molar-refractivity contribution in [2.45, 2.75) is 6.92 Å². The van der Waals surface area contributed by atoms with Gasteiger partial charge in [0.1, 0.15) is 0 Å². The molecule has 3 aromatic rings. The van der Waals surface area contributed by atoms with Gasteiger partial charge in [-0.25, -0.2) is 4.98 Å². The van der Waals surface area contributed by atoms with Crippen molar-refractivity contribution in [2.75, 3.05) is 19.5 Å². The van der Waals surface area contributed by atoms with Crippen molar-refractivity contribution in [2.24, 2.45) is 0 Å². The first kappa shape index (κ1) is 19.9. The van der Waals surface area contributed by atoms with Gasteiger partial charge < -0.3 is 9.47 Å². The predicted molar refractivity (Wildman–Crippen MR) is 115 cm³/mol. The van der Waals surface area contributed by atoms with Gasteiger partial charge in [0.15, 0.2) is 16.6 Å². The second kappa shape index (κ2) is 8.91. The molecule has 0 aliphatic carbocycles. The van der Waals surface area contributed by atoms with Gasteiger partial charge in [0.05, 0.1) is 19.9 Å². The molecule has 144 valence electrons. The molecule has 5 nitrogen and oxygen atoms in total. The van der Waals surface area contributed by atoms with Crippen molar-refractivity contribution in [3.05, 3.63) is 64.0 Å². The van der Waals surface area contributed by atoms with E-state index in [2.05, 4.69) is 10.3 Å². The van der Waals surface area contributed by atoms with E-state index in [1.54, 1.807) is 32.4 Å². The number of carbonyl (C=O) groups excluding carboxylic acids is 1. The number of carbonyl (C=O) groups is 1. The van der Waals surface area contributed by atoms with Gasteiger partial charge in [-0.3, -0.25) is 10.1 Å². The van der Waals surface area contributed by atoms with Crippen LogP contribution in [0.2, 0.25) is 5.02 Å². The summed E-state index contributed by atoms with van der Waals surface area (Å²) in [5.74, 6) is 0.983. The molecule has 0 radical (unpaired) electrons. The topological polar surface area (TPSA) is 60.5 Å². The summed E-state index contributed by atoms with van der Waals surface area (Å²) in [5, 5.41) is 4.02. The molecule has 0 fully saturated rings. The number of nitrogens with one attached hydrogen (secondary N) is 1. The zero-order valence-electron chi connectivity index (χ0n) is 15.7. The number of halogens is 1. The van der Waals surface area contributed by atoms with Crippen LogP contribution in [0.5, 0.6) is 11.5 Å². The SMILES string of the molecule is COc1ccc(C=CC(=O)Nc2nc(-c3ccc(Cl)cc3)c(C)s2)cc1OC. The fourth-order valence-electron chi connectivity index (χ4n) is 2.60. The van der Waals surface area contributed by atoms with E-state index in [9.17, 15) is 4.79 Å². The minimum Gasteiger partial charge on any atom is -0.493 e. The number of amides is 1. The number of thiazole rings is 1. The summed E-state index contributed by atoms with van der Waals surface area (Å²) in [6.45, 7) is 1.97. The van der Waals surface area contributed by atoms with Crippen LogP contribution in [0.15, 0.2) is 48.5 Å². The minimum absolute atomic E-state index is 0.258. The van der Waals surface area contributed by atoms with Gasteiger partial charge in [-0.1, -0.05) is 29.8 Å². The number of rotatable bonds is 6. The molecule has 0 aliphatic heterocycles. The maximum Gasteiger partial charge on any atom is 0.250 e. The third kappa shape index (κ3) is 4.71. The van der Waals surface area contributed by atoms with Gasteiger partial charge in [-0.15, -0.1) is 11.3 Å². The van der Waals surface area contributed by atoms with Crippen LogP contribution >= 0.6 is 22.9 Å². The van der Waals surface area contributed by atoms with E-state index in [4.69, 9.17) is 21.1 Å². The normalized spacial score (nSPS) is 10.9. The summed E-state index contributed by atoms with van der Waals surface area (Å²) in [4.78, 5) is 17.8. The molecule has 28 heavy (non-hydrogen) atoms. The van der Waals surface area contributed by atoms with Crippen LogP contribution in [-0.2, 0) is 4.79 Å². The molecule has 1 aromatic heterocycles. The number of hydrogen-bond donors (Lipinski definition) is 1. The third-order valence-electron chi connectivity index (χ3n) is 3.98. The van der Waals surface area contributed by atoms with Crippen molar-refractivity contribution in [1.29, 1.82) is 0 Å². The summed E-state index contributed by atoms with van der Waals surface area (Å²) in [6.07, 6.45) is 3.16. The molecule has 2 aromatic carbocycles. The van der Waals surface area contributed by atoms with E-state index in [1.165, 1.54) is 17.4 Å². The van der Waals surface area contributed by atoms with Crippen LogP contribution in [0.1, 0.15) is 10.4 Å². The average Bonchev–Trinajstić information content (AvgIpc) is 3.06. The second-order valence-corrected chi connectivity index (χ2v) is 7.51. The molecule has 1 amide bonds. The van der Waals surface area contributed by atoms with E-state index in [1.807, 2.05) is 37.3 Å². The van der Waals surface area contributed by atoms with Crippen molar-refractivity contribution in [3.63, 3.8) is 0 Å². The van der Waals surface area contributed by atoms with Gasteiger partial charge >= 0.3 is 0 Å². The van der Waals surface area contributed by atoms with Gasteiger partial charge in [0.2, 0.25) is 5.91 Å². The molecule has 0 bridgehead atoms. The lowest BCUT2D eigenvalue weighted by atomic mass is 10.1. The second-order valence-electron chi connectivity index (χ2n) is 5.87. The summed E-state index contributed by atoms with van der Waals surface area (Å²) >= 11 is 7.36. The minimum atomic E-state index is -0.258. The maximum atomic E-state index is 12.3. The lowest BCUT2D eigenvalue weighted by Gasteiger charge is -2.07. The number of anilines is 1. The molecule has 0 saturated carbocycles. The zero-order valence-corrected chi connectivity index (χ0v) is 17.2. The molecule has 7 heteroatoms. The Morgan fingerprint density at radius 3 is 2.50 bits per heavy atom. The van der Waals surface area contributed by atoms with Crippen molar-refractivity contribution in [1.82, 2.24) is 4.98 Å². The Labute approximate surface area is 172 Å². The van der Waals surface area contributed by atoms with Gasteiger partial charge in [-0.2, -0.15) is 0 Å². The fraction of sp³-hybridized carbons (Fsp3) is 0.143. The number of methoxy groups -OCH3 is 2. The third-order valence-corrected chi connectivity index (χ3v) is 5.12. The fourth-order valence-corrected chi connectivity index (χ4v) is 3.57.